The Morgan fingerprint density at radius 3 is 3.00 bits per heavy atom. The molecule has 0 radical (unpaired) electrons. The molecule has 80 valence electrons. The summed E-state index contributed by atoms with van der Waals surface area (Å²) >= 11 is 1.85. The summed E-state index contributed by atoms with van der Waals surface area (Å²) in [5, 5.41) is 8.74. The number of β-amino-alcohol motifs (C(OH)–C–C–N with tert-alkyl or cyclic N) is 1. The first-order chi connectivity index (χ1) is 6.76. The molecular weight excluding hydrogens is 202 g/mol. The maximum absolute atomic E-state index is 11.5. The summed E-state index contributed by atoms with van der Waals surface area (Å²) in [6, 6.07) is 0. The van der Waals surface area contributed by atoms with E-state index in [2.05, 4.69) is 0 Å². The molecule has 0 saturated carbocycles. The van der Waals surface area contributed by atoms with Gasteiger partial charge in [0.2, 0.25) is 0 Å². The molecule has 14 heavy (non-hydrogen) atoms. The Morgan fingerprint density at radius 2 is 2.43 bits per heavy atom. The van der Waals surface area contributed by atoms with Crippen LogP contribution in [0.25, 0.3) is 0 Å². The highest BCUT2D eigenvalue weighted by Crippen LogP contribution is 2.37. The van der Waals surface area contributed by atoms with Crippen LogP contribution < -0.4 is 0 Å². The van der Waals surface area contributed by atoms with Crippen molar-refractivity contribution in [3.8, 4) is 0 Å². The van der Waals surface area contributed by atoms with Crippen molar-refractivity contribution in [3.05, 3.63) is 0 Å². The SMILES string of the molecule is O=C1OC2(CCSC2)CCN1CCO. The van der Waals surface area contributed by atoms with Gasteiger partial charge in [-0.25, -0.2) is 4.79 Å². The standard InChI is InChI=1S/C9H15NO3S/c11-5-4-10-3-1-9(13-8(10)12)2-6-14-7-9/h11H,1-7H2. The van der Waals surface area contributed by atoms with Crippen LogP contribution in [0.1, 0.15) is 12.8 Å². The fraction of sp³-hybridized carbons (Fsp3) is 0.889. The average Bonchev–Trinajstić information content (AvgIpc) is 2.59. The Bertz CT molecular complexity index is 228. The number of rotatable bonds is 2. The minimum Gasteiger partial charge on any atom is -0.442 e. The molecule has 0 aromatic carbocycles. The zero-order valence-electron chi connectivity index (χ0n) is 8.07. The summed E-state index contributed by atoms with van der Waals surface area (Å²) in [4.78, 5) is 13.1. The predicted molar refractivity (Wildman–Crippen MR) is 54.4 cm³/mol. The van der Waals surface area contributed by atoms with E-state index in [1.54, 1.807) is 4.90 Å². The van der Waals surface area contributed by atoms with Crippen molar-refractivity contribution >= 4 is 17.9 Å². The van der Waals surface area contributed by atoms with Crippen LogP contribution >= 0.6 is 11.8 Å². The number of amides is 1. The van der Waals surface area contributed by atoms with E-state index in [0.717, 1.165) is 30.9 Å². The van der Waals surface area contributed by atoms with Crippen molar-refractivity contribution in [2.45, 2.75) is 18.4 Å². The number of carbonyl (C=O) groups excluding carboxylic acids is 1. The predicted octanol–water partition coefficient (Wildman–Crippen LogP) is 0.697. The first-order valence-electron chi connectivity index (χ1n) is 4.92. The highest BCUT2D eigenvalue weighted by Gasteiger charge is 2.42. The lowest BCUT2D eigenvalue weighted by Crippen LogP contribution is -2.50. The van der Waals surface area contributed by atoms with Gasteiger partial charge in [-0.3, -0.25) is 0 Å². The second-order valence-corrected chi connectivity index (χ2v) is 4.92. The Labute approximate surface area is 87.6 Å². The number of thioether (sulfide) groups is 1. The normalized spacial score (nSPS) is 32.4. The van der Waals surface area contributed by atoms with Gasteiger partial charge in [0.25, 0.3) is 0 Å². The average molecular weight is 217 g/mol. The van der Waals surface area contributed by atoms with Crippen LogP contribution in [0.5, 0.6) is 0 Å². The van der Waals surface area contributed by atoms with E-state index >= 15 is 0 Å². The molecule has 2 heterocycles. The number of hydrogen-bond donors (Lipinski definition) is 1. The van der Waals surface area contributed by atoms with Gasteiger partial charge in [-0.1, -0.05) is 0 Å². The lowest BCUT2D eigenvalue weighted by Gasteiger charge is -2.38. The summed E-state index contributed by atoms with van der Waals surface area (Å²) in [6.07, 6.45) is 1.63. The molecule has 2 fully saturated rings. The molecule has 0 aromatic heterocycles. The molecule has 1 atom stereocenters. The largest absolute Gasteiger partial charge is 0.442 e. The fourth-order valence-electron chi connectivity index (χ4n) is 1.92. The molecular formula is C9H15NO3S. The van der Waals surface area contributed by atoms with E-state index in [1.165, 1.54) is 0 Å². The second kappa shape index (κ2) is 3.98. The van der Waals surface area contributed by atoms with E-state index in [1.807, 2.05) is 11.8 Å². The van der Waals surface area contributed by atoms with Crippen LogP contribution in [0.15, 0.2) is 0 Å². The maximum atomic E-state index is 11.5. The molecule has 1 spiro atoms. The van der Waals surface area contributed by atoms with E-state index in [0.29, 0.717) is 6.54 Å². The summed E-state index contributed by atoms with van der Waals surface area (Å²) in [7, 11) is 0. The topological polar surface area (TPSA) is 49.8 Å². The third-order valence-corrected chi connectivity index (χ3v) is 4.06. The molecule has 1 N–H and O–H groups in total. The van der Waals surface area contributed by atoms with Crippen LogP contribution in [-0.4, -0.2) is 52.9 Å². The van der Waals surface area contributed by atoms with Crippen LogP contribution in [0, 0.1) is 0 Å². The number of aliphatic hydroxyl groups excluding tert-OH is 1. The van der Waals surface area contributed by atoms with E-state index in [-0.39, 0.29) is 18.3 Å². The molecule has 0 aromatic rings. The number of aliphatic hydroxyl groups is 1. The van der Waals surface area contributed by atoms with Crippen LogP contribution in [0.3, 0.4) is 0 Å². The Morgan fingerprint density at radius 1 is 1.57 bits per heavy atom. The highest BCUT2D eigenvalue weighted by atomic mass is 32.2. The molecule has 2 rings (SSSR count). The molecule has 1 amide bonds. The van der Waals surface area contributed by atoms with Gasteiger partial charge >= 0.3 is 6.09 Å². The summed E-state index contributed by atoms with van der Waals surface area (Å²) in [5.74, 6) is 2.03. The molecule has 2 aliphatic heterocycles. The second-order valence-electron chi connectivity index (χ2n) is 3.81. The zero-order valence-corrected chi connectivity index (χ0v) is 8.89. The quantitative estimate of drug-likeness (QED) is 0.739. The minimum absolute atomic E-state index is 0.0108. The summed E-state index contributed by atoms with van der Waals surface area (Å²) < 4.78 is 5.46. The van der Waals surface area contributed by atoms with E-state index in [4.69, 9.17) is 9.84 Å². The van der Waals surface area contributed by atoms with Crippen molar-refractivity contribution in [1.82, 2.24) is 4.90 Å². The van der Waals surface area contributed by atoms with Gasteiger partial charge in [0.1, 0.15) is 5.60 Å². The number of carbonyl (C=O) groups is 1. The van der Waals surface area contributed by atoms with E-state index in [9.17, 15) is 4.79 Å². The lowest BCUT2D eigenvalue weighted by molar-refractivity contribution is -0.0345. The maximum Gasteiger partial charge on any atom is 0.410 e. The molecule has 2 aliphatic rings. The molecule has 0 bridgehead atoms. The van der Waals surface area contributed by atoms with Gasteiger partial charge in [0.15, 0.2) is 0 Å². The number of hydrogen-bond acceptors (Lipinski definition) is 4. The Kier molecular flexibility index (Phi) is 2.88. The van der Waals surface area contributed by atoms with Crippen LogP contribution in [0.2, 0.25) is 0 Å². The minimum atomic E-state index is -0.257. The first-order valence-corrected chi connectivity index (χ1v) is 6.08. The third kappa shape index (κ3) is 1.83. The van der Waals surface area contributed by atoms with Crippen molar-refractivity contribution < 1.29 is 14.6 Å². The third-order valence-electron chi connectivity index (χ3n) is 2.84. The van der Waals surface area contributed by atoms with Gasteiger partial charge < -0.3 is 14.7 Å². The monoisotopic (exact) mass is 217 g/mol. The van der Waals surface area contributed by atoms with Crippen LogP contribution in [0.4, 0.5) is 4.79 Å². The number of nitrogens with zero attached hydrogens (tertiary/aromatic N) is 1. The van der Waals surface area contributed by atoms with E-state index < -0.39 is 0 Å². The Balaban J connectivity index is 1.95. The smallest absolute Gasteiger partial charge is 0.410 e. The van der Waals surface area contributed by atoms with Crippen molar-refractivity contribution in [3.63, 3.8) is 0 Å². The van der Waals surface area contributed by atoms with Crippen molar-refractivity contribution in [1.29, 1.82) is 0 Å². The molecule has 4 nitrogen and oxygen atoms in total. The summed E-state index contributed by atoms with van der Waals surface area (Å²) in [6.45, 7) is 1.12. The Hall–Kier alpha value is -0.420. The van der Waals surface area contributed by atoms with Gasteiger partial charge in [0.05, 0.1) is 6.61 Å². The van der Waals surface area contributed by atoms with Gasteiger partial charge in [0, 0.05) is 25.3 Å². The molecule has 2 saturated heterocycles. The molecule has 5 heteroatoms. The van der Waals surface area contributed by atoms with Gasteiger partial charge in [-0.2, -0.15) is 11.8 Å². The first kappa shape index (κ1) is 10.1. The highest BCUT2D eigenvalue weighted by molar-refractivity contribution is 7.99. The van der Waals surface area contributed by atoms with Crippen LogP contribution in [-0.2, 0) is 4.74 Å². The molecule has 0 aliphatic carbocycles. The van der Waals surface area contributed by atoms with Crippen molar-refractivity contribution in [2.24, 2.45) is 0 Å². The fourth-order valence-corrected chi connectivity index (χ4v) is 3.30. The van der Waals surface area contributed by atoms with Gasteiger partial charge in [-0.15, -0.1) is 0 Å². The van der Waals surface area contributed by atoms with Gasteiger partial charge in [-0.05, 0) is 12.2 Å². The lowest BCUT2D eigenvalue weighted by atomic mass is 9.97. The van der Waals surface area contributed by atoms with Crippen molar-refractivity contribution in [2.75, 3.05) is 31.2 Å². The zero-order chi connectivity index (χ0) is 10.0. The summed E-state index contributed by atoms with van der Waals surface area (Å²) in [5.41, 5.74) is -0.187. The molecule has 1 unspecified atom stereocenters. The number of ether oxygens (including phenoxy) is 1.